The van der Waals surface area contributed by atoms with Gasteiger partial charge < -0.3 is 14.8 Å². The Hall–Kier alpha value is -1.52. The summed E-state index contributed by atoms with van der Waals surface area (Å²) in [4.78, 5) is 11.2. The van der Waals surface area contributed by atoms with Crippen LogP contribution in [-0.4, -0.2) is 26.2 Å². The highest BCUT2D eigenvalue weighted by atomic mass is 35.5. The van der Waals surface area contributed by atoms with Gasteiger partial charge in [-0.1, -0.05) is 24.2 Å². The van der Waals surface area contributed by atoms with Gasteiger partial charge in [0.15, 0.2) is 5.75 Å². The first-order chi connectivity index (χ1) is 8.19. The van der Waals surface area contributed by atoms with Crippen LogP contribution in [-0.2, 0) is 9.53 Å². The second-order valence-electron chi connectivity index (χ2n) is 3.15. The zero-order chi connectivity index (χ0) is 12.7. The fourth-order valence-corrected chi connectivity index (χ4v) is 1.39. The van der Waals surface area contributed by atoms with Gasteiger partial charge in [0.05, 0.1) is 17.3 Å². The van der Waals surface area contributed by atoms with Gasteiger partial charge in [-0.3, -0.25) is 4.79 Å². The molecule has 1 amide bonds. The summed E-state index contributed by atoms with van der Waals surface area (Å²) in [6, 6.07) is 5.12. The molecule has 0 unspecified atom stereocenters. The predicted octanol–water partition coefficient (Wildman–Crippen LogP) is 2.49. The summed E-state index contributed by atoms with van der Waals surface area (Å²) >= 11 is 5.99. The molecule has 1 N–H and O–H groups in total. The van der Waals surface area contributed by atoms with E-state index in [9.17, 15) is 4.79 Å². The lowest BCUT2D eigenvalue weighted by atomic mass is 10.3. The van der Waals surface area contributed by atoms with Crippen molar-refractivity contribution in [1.82, 2.24) is 0 Å². The number of hydrogen-bond acceptors (Lipinski definition) is 3. The van der Waals surface area contributed by atoms with Crippen LogP contribution in [0.1, 0.15) is 0 Å². The molecule has 4 nitrogen and oxygen atoms in total. The lowest BCUT2D eigenvalue weighted by molar-refractivity contribution is -0.111. The van der Waals surface area contributed by atoms with Crippen molar-refractivity contribution in [2.75, 3.05) is 25.6 Å². The molecule has 0 aliphatic rings. The number of nitrogens with one attached hydrogen (secondary N) is 1. The number of rotatable bonds is 6. The summed E-state index contributed by atoms with van der Waals surface area (Å²) in [6.45, 7) is 4.18. The lowest BCUT2D eigenvalue weighted by Crippen LogP contribution is -2.11. The molecule has 1 aromatic rings. The first-order valence-electron chi connectivity index (χ1n) is 5.02. The zero-order valence-electron chi connectivity index (χ0n) is 9.53. The van der Waals surface area contributed by atoms with E-state index in [1.165, 1.54) is 6.08 Å². The molecular formula is C12H14ClNO3. The van der Waals surface area contributed by atoms with Gasteiger partial charge in [-0.25, -0.2) is 0 Å². The number of methoxy groups -OCH3 is 1. The summed E-state index contributed by atoms with van der Waals surface area (Å²) in [5, 5.41) is 3.05. The van der Waals surface area contributed by atoms with Gasteiger partial charge in [-0.15, -0.1) is 0 Å². The molecule has 92 valence electrons. The third-order valence-electron chi connectivity index (χ3n) is 1.94. The van der Waals surface area contributed by atoms with E-state index in [1.807, 2.05) is 0 Å². The number of hydrogen-bond donors (Lipinski definition) is 1. The van der Waals surface area contributed by atoms with E-state index in [1.54, 1.807) is 25.3 Å². The fraction of sp³-hybridized carbons (Fsp3) is 0.250. The minimum atomic E-state index is -0.316. The highest BCUT2D eigenvalue weighted by Crippen LogP contribution is 2.32. The van der Waals surface area contributed by atoms with Gasteiger partial charge in [0, 0.05) is 7.11 Å². The summed E-state index contributed by atoms with van der Waals surface area (Å²) in [7, 11) is 1.58. The van der Waals surface area contributed by atoms with E-state index >= 15 is 0 Å². The van der Waals surface area contributed by atoms with Crippen LogP contribution in [0.5, 0.6) is 5.75 Å². The molecule has 0 aliphatic heterocycles. The molecule has 0 aliphatic carbocycles. The normalized spacial score (nSPS) is 9.76. The second kappa shape index (κ2) is 6.93. The Morgan fingerprint density at radius 1 is 1.53 bits per heavy atom. The number of anilines is 1. The van der Waals surface area contributed by atoms with Crippen molar-refractivity contribution in [3.8, 4) is 5.75 Å². The molecule has 0 atom stereocenters. The van der Waals surface area contributed by atoms with E-state index in [2.05, 4.69) is 11.9 Å². The minimum absolute atomic E-state index is 0.316. The van der Waals surface area contributed by atoms with E-state index in [0.717, 1.165) is 0 Å². The quantitative estimate of drug-likeness (QED) is 0.628. The predicted molar refractivity (Wildman–Crippen MR) is 67.6 cm³/mol. The molecule has 0 heterocycles. The molecule has 17 heavy (non-hydrogen) atoms. The van der Waals surface area contributed by atoms with Crippen molar-refractivity contribution in [3.05, 3.63) is 35.9 Å². The molecule has 0 aromatic heterocycles. The van der Waals surface area contributed by atoms with Crippen molar-refractivity contribution in [2.45, 2.75) is 0 Å². The highest BCUT2D eigenvalue weighted by molar-refractivity contribution is 6.32. The molecule has 0 saturated carbocycles. The zero-order valence-corrected chi connectivity index (χ0v) is 10.3. The van der Waals surface area contributed by atoms with Crippen LogP contribution in [0.2, 0.25) is 5.02 Å². The van der Waals surface area contributed by atoms with Gasteiger partial charge in [-0.2, -0.15) is 0 Å². The Kier molecular flexibility index (Phi) is 5.52. The van der Waals surface area contributed by atoms with Crippen LogP contribution >= 0.6 is 11.6 Å². The van der Waals surface area contributed by atoms with Crippen LogP contribution in [0.15, 0.2) is 30.9 Å². The topological polar surface area (TPSA) is 47.6 Å². The Bertz CT molecular complexity index is 407. The number of carbonyl (C=O) groups is 1. The maximum absolute atomic E-state index is 11.2. The highest BCUT2D eigenvalue weighted by Gasteiger charge is 2.09. The van der Waals surface area contributed by atoms with Crippen LogP contribution in [0.4, 0.5) is 5.69 Å². The second-order valence-corrected chi connectivity index (χ2v) is 3.56. The summed E-state index contributed by atoms with van der Waals surface area (Å²) in [5.74, 6) is 0.116. The molecule has 0 spiro atoms. The smallest absolute Gasteiger partial charge is 0.247 e. The molecule has 1 aromatic carbocycles. The van der Waals surface area contributed by atoms with E-state index in [4.69, 9.17) is 21.1 Å². The van der Waals surface area contributed by atoms with Crippen molar-refractivity contribution in [1.29, 1.82) is 0 Å². The summed E-state index contributed by atoms with van der Waals surface area (Å²) in [6.07, 6.45) is 1.18. The molecule has 0 fully saturated rings. The van der Waals surface area contributed by atoms with Crippen LogP contribution < -0.4 is 10.1 Å². The third-order valence-corrected chi connectivity index (χ3v) is 2.24. The third kappa shape index (κ3) is 4.09. The van der Waals surface area contributed by atoms with Gasteiger partial charge >= 0.3 is 0 Å². The van der Waals surface area contributed by atoms with Gasteiger partial charge in [0.1, 0.15) is 6.61 Å². The SMILES string of the molecule is C=CC(=O)Nc1cccc(Cl)c1OCCOC. The Morgan fingerprint density at radius 3 is 2.94 bits per heavy atom. The van der Waals surface area contributed by atoms with Crippen LogP contribution in [0.3, 0.4) is 0 Å². The van der Waals surface area contributed by atoms with E-state index in [-0.39, 0.29) is 5.91 Å². The average molecular weight is 256 g/mol. The Balaban J connectivity index is 2.83. The van der Waals surface area contributed by atoms with Gasteiger partial charge in [0.25, 0.3) is 0 Å². The first-order valence-corrected chi connectivity index (χ1v) is 5.40. The van der Waals surface area contributed by atoms with Crippen molar-refractivity contribution >= 4 is 23.2 Å². The number of para-hydroxylation sites is 1. The van der Waals surface area contributed by atoms with Gasteiger partial charge in [-0.05, 0) is 18.2 Å². The van der Waals surface area contributed by atoms with Crippen molar-refractivity contribution in [3.63, 3.8) is 0 Å². The molecule has 0 radical (unpaired) electrons. The number of ether oxygens (including phenoxy) is 2. The first kappa shape index (κ1) is 13.5. The van der Waals surface area contributed by atoms with Crippen molar-refractivity contribution < 1.29 is 14.3 Å². The van der Waals surface area contributed by atoms with E-state index < -0.39 is 0 Å². The summed E-state index contributed by atoms with van der Waals surface area (Å²) in [5.41, 5.74) is 0.513. The summed E-state index contributed by atoms with van der Waals surface area (Å²) < 4.78 is 10.3. The maximum atomic E-state index is 11.2. The molecule has 0 saturated heterocycles. The number of carbonyl (C=O) groups excluding carboxylic acids is 1. The van der Waals surface area contributed by atoms with Gasteiger partial charge in [0.2, 0.25) is 5.91 Å². The Labute approximate surface area is 105 Å². The largest absolute Gasteiger partial charge is 0.487 e. The van der Waals surface area contributed by atoms with Crippen molar-refractivity contribution in [2.24, 2.45) is 0 Å². The molecular weight excluding hydrogens is 242 g/mol. The molecule has 0 bridgehead atoms. The maximum Gasteiger partial charge on any atom is 0.247 e. The standard InChI is InChI=1S/C12H14ClNO3/c1-3-11(15)14-10-6-4-5-9(13)12(10)17-8-7-16-2/h3-6H,1,7-8H2,2H3,(H,14,15). The molecule has 1 rings (SSSR count). The molecule has 5 heteroatoms. The lowest BCUT2D eigenvalue weighted by Gasteiger charge is -2.12. The monoisotopic (exact) mass is 255 g/mol. The van der Waals surface area contributed by atoms with Crippen LogP contribution in [0.25, 0.3) is 0 Å². The van der Waals surface area contributed by atoms with Crippen LogP contribution in [0, 0.1) is 0 Å². The number of benzene rings is 1. The number of halogens is 1. The minimum Gasteiger partial charge on any atom is -0.487 e. The average Bonchev–Trinajstić information content (AvgIpc) is 2.32. The number of amides is 1. The fourth-order valence-electron chi connectivity index (χ4n) is 1.16. The Morgan fingerprint density at radius 2 is 2.29 bits per heavy atom. The van der Waals surface area contributed by atoms with E-state index in [0.29, 0.717) is 29.7 Å².